The minimum Gasteiger partial charge on any atom is -0.374 e. The number of ether oxygens (including phenoxy) is 1. The lowest BCUT2D eigenvalue weighted by atomic mass is 10.2. The summed E-state index contributed by atoms with van der Waals surface area (Å²) in [6, 6.07) is 1.94. The third-order valence-electron chi connectivity index (χ3n) is 3.68. The van der Waals surface area contributed by atoms with E-state index in [1.54, 1.807) is 6.20 Å². The smallest absolute Gasteiger partial charge is 0.122 e. The summed E-state index contributed by atoms with van der Waals surface area (Å²) in [7, 11) is 0. The van der Waals surface area contributed by atoms with E-state index in [4.69, 9.17) is 4.74 Å². The molecule has 0 aromatic carbocycles. The minimum absolute atomic E-state index is 0.202. The van der Waals surface area contributed by atoms with Crippen LogP contribution in [0.25, 0.3) is 0 Å². The minimum atomic E-state index is 0.202. The standard InChI is InChI=1S/C14H21N5O/c1-2-18-7-5-15-14(18)12-17-8-9-20-13(10-17)11-19-6-3-4-16-19/h3-7,13H,2,8-12H2,1H3. The molecule has 0 spiro atoms. The van der Waals surface area contributed by atoms with Crippen molar-refractivity contribution in [3.63, 3.8) is 0 Å². The van der Waals surface area contributed by atoms with E-state index < -0.39 is 0 Å². The van der Waals surface area contributed by atoms with Crippen molar-refractivity contribution in [1.29, 1.82) is 0 Å². The summed E-state index contributed by atoms with van der Waals surface area (Å²) in [4.78, 5) is 6.85. The highest BCUT2D eigenvalue weighted by molar-refractivity contribution is 4.93. The van der Waals surface area contributed by atoms with Gasteiger partial charge in [0.1, 0.15) is 5.82 Å². The van der Waals surface area contributed by atoms with E-state index in [-0.39, 0.29) is 6.10 Å². The van der Waals surface area contributed by atoms with Crippen LogP contribution in [0.1, 0.15) is 12.7 Å². The predicted octanol–water partition coefficient (Wildman–Crippen LogP) is 1.00. The van der Waals surface area contributed by atoms with Crippen LogP contribution in [0.15, 0.2) is 30.9 Å². The number of hydrogen-bond acceptors (Lipinski definition) is 4. The van der Waals surface area contributed by atoms with E-state index in [0.717, 1.165) is 45.2 Å². The zero-order chi connectivity index (χ0) is 13.8. The summed E-state index contributed by atoms with van der Waals surface area (Å²) in [6.45, 7) is 7.48. The van der Waals surface area contributed by atoms with Crippen molar-refractivity contribution in [3.8, 4) is 0 Å². The molecular weight excluding hydrogens is 254 g/mol. The molecule has 3 rings (SSSR count). The van der Waals surface area contributed by atoms with Crippen LogP contribution in [-0.4, -0.2) is 50.0 Å². The van der Waals surface area contributed by atoms with Gasteiger partial charge in [-0.15, -0.1) is 0 Å². The first-order valence-corrected chi connectivity index (χ1v) is 7.16. The number of rotatable bonds is 5. The van der Waals surface area contributed by atoms with Crippen molar-refractivity contribution in [2.24, 2.45) is 0 Å². The van der Waals surface area contributed by atoms with Gasteiger partial charge in [0.25, 0.3) is 0 Å². The largest absolute Gasteiger partial charge is 0.374 e. The first kappa shape index (κ1) is 13.3. The fourth-order valence-electron chi connectivity index (χ4n) is 2.63. The van der Waals surface area contributed by atoms with Crippen molar-refractivity contribution in [2.75, 3.05) is 19.7 Å². The maximum Gasteiger partial charge on any atom is 0.122 e. The zero-order valence-electron chi connectivity index (χ0n) is 11.9. The van der Waals surface area contributed by atoms with Crippen LogP contribution in [0.3, 0.4) is 0 Å². The monoisotopic (exact) mass is 275 g/mol. The Labute approximate surface area is 119 Å². The maximum absolute atomic E-state index is 5.83. The molecule has 1 unspecified atom stereocenters. The second-order valence-electron chi connectivity index (χ2n) is 5.09. The van der Waals surface area contributed by atoms with Gasteiger partial charge in [-0.1, -0.05) is 0 Å². The van der Waals surface area contributed by atoms with Crippen LogP contribution >= 0.6 is 0 Å². The highest BCUT2D eigenvalue weighted by Crippen LogP contribution is 2.11. The Bertz CT molecular complexity index is 521. The number of aromatic nitrogens is 4. The lowest BCUT2D eigenvalue weighted by Gasteiger charge is -2.32. The van der Waals surface area contributed by atoms with Gasteiger partial charge in [-0.2, -0.15) is 5.10 Å². The van der Waals surface area contributed by atoms with Crippen molar-refractivity contribution in [2.45, 2.75) is 32.7 Å². The van der Waals surface area contributed by atoms with Crippen molar-refractivity contribution >= 4 is 0 Å². The van der Waals surface area contributed by atoms with Gasteiger partial charge in [0.05, 0.1) is 25.8 Å². The molecule has 1 fully saturated rings. The Morgan fingerprint density at radius 1 is 1.35 bits per heavy atom. The van der Waals surface area contributed by atoms with Gasteiger partial charge in [-0.25, -0.2) is 4.98 Å². The average molecular weight is 275 g/mol. The van der Waals surface area contributed by atoms with Crippen LogP contribution in [0.4, 0.5) is 0 Å². The molecule has 0 N–H and O–H groups in total. The van der Waals surface area contributed by atoms with Crippen LogP contribution in [0, 0.1) is 0 Å². The molecule has 108 valence electrons. The van der Waals surface area contributed by atoms with Gasteiger partial charge in [0.15, 0.2) is 0 Å². The highest BCUT2D eigenvalue weighted by atomic mass is 16.5. The molecule has 0 bridgehead atoms. The van der Waals surface area contributed by atoms with Gasteiger partial charge >= 0.3 is 0 Å². The summed E-state index contributed by atoms with van der Waals surface area (Å²) in [5.74, 6) is 1.13. The number of nitrogens with zero attached hydrogens (tertiary/aromatic N) is 5. The van der Waals surface area contributed by atoms with E-state index in [9.17, 15) is 0 Å². The summed E-state index contributed by atoms with van der Waals surface area (Å²) in [5.41, 5.74) is 0. The first-order valence-electron chi connectivity index (χ1n) is 7.16. The molecule has 0 amide bonds. The molecule has 0 radical (unpaired) electrons. The number of hydrogen-bond donors (Lipinski definition) is 0. The summed E-state index contributed by atoms with van der Waals surface area (Å²) in [5, 5.41) is 4.24. The Morgan fingerprint density at radius 2 is 2.30 bits per heavy atom. The number of aryl methyl sites for hydroxylation is 1. The molecule has 1 saturated heterocycles. The summed E-state index contributed by atoms with van der Waals surface area (Å²) in [6.07, 6.45) is 7.90. The second-order valence-corrected chi connectivity index (χ2v) is 5.09. The van der Waals surface area contributed by atoms with Crippen LogP contribution in [0.2, 0.25) is 0 Å². The Balaban J connectivity index is 1.58. The van der Waals surface area contributed by atoms with Crippen molar-refractivity contribution < 1.29 is 4.74 Å². The lowest BCUT2D eigenvalue weighted by molar-refractivity contribution is -0.0411. The van der Waals surface area contributed by atoms with E-state index in [1.807, 2.05) is 29.3 Å². The fourth-order valence-corrected chi connectivity index (χ4v) is 2.63. The molecule has 1 aliphatic heterocycles. The predicted molar refractivity (Wildman–Crippen MR) is 75.1 cm³/mol. The first-order chi connectivity index (χ1) is 9.85. The number of morpholine rings is 1. The molecule has 2 aromatic heterocycles. The molecule has 2 aromatic rings. The van der Waals surface area contributed by atoms with Crippen molar-refractivity contribution in [1.82, 2.24) is 24.2 Å². The third-order valence-corrected chi connectivity index (χ3v) is 3.68. The van der Waals surface area contributed by atoms with E-state index in [0.29, 0.717) is 0 Å². The highest BCUT2D eigenvalue weighted by Gasteiger charge is 2.22. The second kappa shape index (κ2) is 6.19. The molecule has 6 nitrogen and oxygen atoms in total. The summed E-state index contributed by atoms with van der Waals surface area (Å²) >= 11 is 0. The fraction of sp³-hybridized carbons (Fsp3) is 0.571. The summed E-state index contributed by atoms with van der Waals surface area (Å²) < 4.78 is 9.95. The lowest BCUT2D eigenvalue weighted by Crippen LogP contribution is -2.44. The van der Waals surface area contributed by atoms with Gasteiger partial charge in [0.2, 0.25) is 0 Å². The quantitative estimate of drug-likeness (QED) is 0.817. The maximum atomic E-state index is 5.83. The van der Waals surface area contributed by atoms with Crippen molar-refractivity contribution in [3.05, 3.63) is 36.7 Å². The zero-order valence-corrected chi connectivity index (χ0v) is 11.9. The molecule has 0 saturated carbocycles. The third kappa shape index (κ3) is 3.08. The molecule has 0 aliphatic carbocycles. The molecular formula is C14H21N5O. The van der Waals surface area contributed by atoms with Crippen LogP contribution in [-0.2, 0) is 24.4 Å². The van der Waals surface area contributed by atoms with E-state index >= 15 is 0 Å². The van der Waals surface area contributed by atoms with Crippen LogP contribution < -0.4 is 0 Å². The normalized spacial score (nSPS) is 20.4. The van der Waals surface area contributed by atoms with Gasteiger partial charge in [-0.05, 0) is 13.0 Å². The Morgan fingerprint density at radius 3 is 3.10 bits per heavy atom. The molecule has 1 aliphatic rings. The molecule has 3 heterocycles. The number of imidazole rings is 1. The Kier molecular flexibility index (Phi) is 4.13. The molecule has 6 heteroatoms. The van der Waals surface area contributed by atoms with E-state index in [2.05, 4.69) is 26.5 Å². The SMILES string of the molecule is CCn1ccnc1CN1CCOC(Cn2cccn2)C1. The van der Waals surface area contributed by atoms with Gasteiger partial charge < -0.3 is 9.30 Å². The van der Waals surface area contributed by atoms with Gasteiger partial charge in [-0.3, -0.25) is 9.58 Å². The van der Waals surface area contributed by atoms with Crippen LogP contribution in [0.5, 0.6) is 0 Å². The topological polar surface area (TPSA) is 48.1 Å². The Hall–Kier alpha value is -1.66. The van der Waals surface area contributed by atoms with Gasteiger partial charge in [0, 0.05) is 44.4 Å². The molecule has 1 atom stereocenters. The average Bonchev–Trinajstić information content (AvgIpc) is 3.10. The van der Waals surface area contributed by atoms with E-state index in [1.165, 1.54) is 0 Å². The molecule has 20 heavy (non-hydrogen) atoms.